The van der Waals surface area contributed by atoms with Crippen LogP contribution in [0.3, 0.4) is 0 Å². The molecule has 0 spiro atoms. The molecule has 0 aliphatic heterocycles. The summed E-state index contributed by atoms with van der Waals surface area (Å²) in [6, 6.07) is 0. The number of rotatable bonds is 65. The van der Waals surface area contributed by atoms with E-state index in [9.17, 15) is 19.5 Å². The van der Waals surface area contributed by atoms with Crippen LogP contribution in [0.1, 0.15) is 348 Å². The predicted molar refractivity (Wildman–Crippen MR) is 337 cm³/mol. The molecule has 0 aliphatic rings. The molecule has 0 radical (unpaired) electrons. The van der Waals surface area contributed by atoms with E-state index in [4.69, 9.17) is 18.9 Å². The molecular weight excluding hydrogens is 983 g/mol. The molecule has 0 heterocycles. The first-order valence-corrected chi connectivity index (χ1v) is 34.5. The number of esters is 2. The molecule has 1 N–H and O–H groups in total. The normalized spacial score (nSPS) is 12.8. The lowest BCUT2D eigenvalue weighted by Gasteiger charge is -2.25. The number of carboxylic acids is 1. The molecule has 0 aliphatic carbocycles. The van der Waals surface area contributed by atoms with E-state index in [-0.39, 0.29) is 38.2 Å². The number of likely N-dealkylation sites (N-methyl/N-ethyl adjacent to an activating group) is 1. The molecule has 0 bridgehead atoms. The van der Waals surface area contributed by atoms with Crippen molar-refractivity contribution in [1.29, 1.82) is 0 Å². The van der Waals surface area contributed by atoms with Crippen molar-refractivity contribution in [3.8, 4) is 0 Å². The summed E-state index contributed by atoms with van der Waals surface area (Å²) >= 11 is 0. The van der Waals surface area contributed by atoms with Gasteiger partial charge in [-0.15, -0.1) is 0 Å². The van der Waals surface area contributed by atoms with Gasteiger partial charge in [0.25, 0.3) is 6.29 Å². The summed E-state index contributed by atoms with van der Waals surface area (Å²) in [5, 5.41) is 9.74. The first-order valence-electron chi connectivity index (χ1n) is 34.5. The maximum Gasteiger partial charge on any atom is 0.361 e. The maximum absolute atomic E-state index is 12.9. The first-order chi connectivity index (χ1) is 38.6. The van der Waals surface area contributed by atoms with Crippen molar-refractivity contribution in [3.05, 3.63) is 24.3 Å². The summed E-state index contributed by atoms with van der Waals surface area (Å²) in [6.45, 7) is 4.95. The van der Waals surface area contributed by atoms with Gasteiger partial charge >= 0.3 is 17.9 Å². The molecule has 0 aromatic rings. The Bertz CT molecular complexity index is 1340. The van der Waals surface area contributed by atoms with Gasteiger partial charge in [-0.1, -0.05) is 295 Å². The van der Waals surface area contributed by atoms with Crippen molar-refractivity contribution in [1.82, 2.24) is 0 Å². The Balaban J connectivity index is 4.09. The molecule has 0 aromatic carbocycles. The van der Waals surface area contributed by atoms with Crippen LogP contribution in [0.4, 0.5) is 0 Å². The van der Waals surface area contributed by atoms with Crippen molar-refractivity contribution < 1.29 is 42.9 Å². The minimum atomic E-state index is -1.51. The van der Waals surface area contributed by atoms with Crippen LogP contribution in [0.25, 0.3) is 0 Å². The van der Waals surface area contributed by atoms with Crippen LogP contribution in [-0.2, 0) is 33.3 Å². The zero-order chi connectivity index (χ0) is 57.6. The van der Waals surface area contributed by atoms with Gasteiger partial charge < -0.3 is 28.5 Å². The third-order valence-corrected chi connectivity index (χ3v) is 15.7. The van der Waals surface area contributed by atoms with Crippen LogP contribution in [0.2, 0.25) is 0 Å². The van der Waals surface area contributed by atoms with E-state index in [1.165, 1.54) is 283 Å². The fourth-order valence-corrected chi connectivity index (χ4v) is 10.4. The van der Waals surface area contributed by atoms with Gasteiger partial charge in [-0.25, -0.2) is 4.79 Å². The highest BCUT2D eigenvalue weighted by molar-refractivity contribution is 5.71. The number of hydrogen-bond donors (Lipinski definition) is 1. The second-order valence-corrected chi connectivity index (χ2v) is 24.8. The molecule has 0 aromatic heterocycles. The van der Waals surface area contributed by atoms with E-state index in [1.807, 2.05) is 21.1 Å². The maximum atomic E-state index is 12.9. The summed E-state index contributed by atoms with van der Waals surface area (Å²) in [7, 11) is 5.99. The average Bonchev–Trinajstić information content (AvgIpc) is 3.42. The van der Waals surface area contributed by atoms with Crippen molar-refractivity contribution in [2.75, 3.05) is 47.5 Å². The average molecular weight is 1120 g/mol. The highest BCUT2D eigenvalue weighted by atomic mass is 16.7. The number of carboxylic acid groups (broad SMARTS) is 1. The summed E-state index contributed by atoms with van der Waals surface area (Å²) in [4.78, 5) is 37.6. The molecule has 9 heteroatoms. The fraction of sp³-hybridized carbons (Fsp3) is 0.900. The van der Waals surface area contributed by atoms with E-state index < -0.39 is 18.4 Å². The highest BCUT2D eigenvalue weighted by Crippen LogP contribution is 2.18. The molecule has 466 valence electrons. The van der Waals surface area contributed by atoms with Crippen LogP contribution in [0.5, 0.6) is 0 Å². The van der Waals surface area contributed by atoms with Gasteiger partial charge in [0.1, 0.15) is 13.2 Å². The molecule has 2 atom stereocenters. The molecule has 0 saturated carbocycles. The lowest BCUT2D eigenvalue weighted by atomic mass is 10.0. The smallest absolute Gasteiger partial charge is 0.361 e. The third kappa shape index (κ3) is 63.2. The zero-order valence-electron chi connectivity index (χ0n) is 53.3. The number of unbranched alkanes of at least 4 members (excludes halogenated alkanes) is 46. The quantitative estimate of drug-likeness (QED) is 0.0211. The van der Waals surface area contributed by atoms with Crippen LogP contribution in [0, 0.1) is 0 Å². The van der Waals surface area contributed by atoms with Gasteiger partial charge in [0.15, 0.2) is 6.10 Å². The number of allylic oxidation sites excluding steroid dienone is 4. The zero-order valence-corrected chi connectivity index (χ0v) is 53.3. The summed E-state index contributed by atoms with van der Waals surface area (Å²) in [5.74, 6) is -1.98. The number of hydrogen-bond acceptors (Lipinski definition) is 7. The Morgan fingerprint density at radius 2 is 0.646 bits per heavy atom. The van der Waals surface area contributed by atoms with E-state index in [2.05, 4.69) is 38.2 Å². The van der Waals surface area contributed by atoms with Crippen molar-refractivity contribution in [2.45, 2.75) is 360 Å². The van der Waals surface area contributed by atoms with Crippen LogP contribution >= 0.6 is 0 Å². The second kappa shape index (κ2) is 61.8. The SMILES string of the molecule is CCCCCCCCCC/C=C\CCCCCCCCCCCCCCCCCC(=O)OCC(COC(OCC[N+](C)(C)C)C(=O)O)OC(=O)CCCCCCCCCCCCCCCCC/C=C\CCCCCCCCCC. The Hall–Kier alpha value is -2.23. The topological polar surface area (TPSA) is 108 Å². The second-order valence-electron chi connectivity index (χ2n) is 24.8. The van der Waals surface area contributed by atoms with E-state index in [0.29, 0.717) is 17.4 Å². The van der Waals surface area contributed by atoms with Crippen LogP contribution in [-0.4, -0.2) is 87.4 Å². The van der Waals surface area contributed by atoms with E-state index >= 15 is 0 Å². The Kier molecular flexibility index (Phi) is 60.1. The lowest BCUT2D eigenvalue weighted by Crippen LogP contribution is -2.40. The summed E-state index contributed by atoms with van der Waals surface area (Å²) in [5.41, 5.74) is 0. The summed E-state index contributed by atoms with van der Waals surface area (Å²) < 4.78 is 23.0. The van der Waals surface area contributed by atoms with Gasteiger partial charge in [0, 0.05) is 12.8 Å². The van der Waals surface area contributed by atoms with Crippen molar-refractivity contribution in [2.24, 2.45) is 0 Å². The minimum Gasteiger partial charge on any atom is -0.477 e. The standard InChI is InChI=1S/C70H133NO8/c1-6-8-10-12-14-16-18-20-22-24-26-28-30-32-34-36-38-40-42-44-46-48-50-52-54-56-58-60-67(72)77-64-66(65-78-70(69(74)75)76-63-62-71(3,4)5)79-68(73)61-59-57-55-53-51-49-47-45-43-41-39-37-35-33-31-29-27-25-23-21-19-17-15-13-11-9-7-2/h24-27,66,70H,6-23,28-65H2,1-5H3/p+1/b26-24-,27-25-. The number of nitrogens with zero attached hydrogens (tertiary/aromatic N) is 1. The van der Waals surface area contributed by atoms with Crippen molar-refractivity contribution >= 4 is 17.9 Å². The van der Waals surface area contributed by atoms with Crippen molar-refractivity contribution in [3.63, 3.8) is 0 Å². The van der Waals surface area contributed by atoms with Crippen LogP contribution < -0.4 is 0 Å². The molecule has 0 saturated heterocycles. The molecule has 0 rings (SSSR count). The number of quaternary nitrogens is 1. The molecule has 79 heavy (non-hydrogen) atoms. The van der Waals surface area contributed by atoms with Gasteiger partial charge in [-0.05, 0) is 64.2 Å². The predicted octanol–water partition coefficient (Wildman–Crippen LogP) is 21.0. The first kappa shape index (κ1) is 76.8. The van der Waals surface area contributed by atoms with Gasteiger partial charge in [0.05, 0.1) is 34.4 Å². The molecule has 0 fully saturated rings. The van der Waals surface area contributed by atoms with Gasteiger partial charge in [-0.3, -0.25) is 9.59 Å². The largest absolute Gasteiger partial charge is 0.477 e. The molecule has 0 amide bonds. The third-order valence-electron chi connectivity index (χ3n) is 15.7. The van der Waals surface area contributed by atoms with Gasteiger partial charge in [-0.2, -0.15) is 0 Å². The number of aliphatic carboxylic acids is 1. The Morgan fingerprint density at radius 1 is 0.367 bits per heavy atom. The molecule has 2 unspecified atom stereocenters. The Labute approximate surface area is 490 Å². The minimum absolute atomic E-state index is 0.176. The van der Waals surface area contributed by atoms with Gasteiger partial charge in [0.2, 0.25) is 0 Å². The number of carbonyl (C=O) groups is 3. The van der Waals surface area contributed by atoms with Crippen LogP contribution in [0.15, 0.2) is 24.3 Å². The van der Waals surface area contributed by atoms with E-state index in [0.717, 1.165) is 38.5 Å². The molecular formula is C70H134NO8+. The number of carbonyl (C=O) groups excluding carboxylic acids is 2. The number of ether oxygens (including phenoxy) is 4. The highest BCUT2D eigenvalue weighted by Gasteiger charge is 2.25. The Morgan fingerprint density at radius 3 is 0.937 bits per heavy atom. The summed E-state index contributed by atoms with van der Waals surface area (Å²) in [6.07, 6.45) is 72.9. The lowest BCUT2D eigenvalue weighted by molar-refractivity contribution is -0.870. The monoisotopic (exact) mass is 1120 g/mol. The van der Waals surface area contributed by atoms with E-state index in [1.54, 1.807) is 0 Å². The molecule has 9 nitrogen and oxygen atoms in total. The fourth-order valence-electron chi connectivity index (χ4n) is 10.4.